The van der Waals surface area contributed by atoms with Gasteiger partial charge in [-0.1, -0.05) is 51.5 Å². The SMILES string of the molecule is CCCCCCCc1cc(O)c2c(c1)OC(=O)CC1=C2CC(CC)CC1. The fraction of sp³-hybridized carbons (Fsp3) is 0.609. The molecule has 1 unspecified atom stereocenters. The van der Waals surface area contributed by atoms with Crippen molar-refractivity contribution in [3.8, 4) is 11.5 Å². The fourth-order valence-corrected chi connectivity index (χ4v) is 4.34. The average Bonchev–Trinajstić information content (AvgIpc) is 2.76. The molecule has 1 heterocycles. The summed E-state index contributed by atoms with van der Waals surface area (Å²) in [7, 11) is 0. The average molecular weight is 357 g/mol. The Morgan fingerprint density at radius 3 is 2.73 bits per heavy atom. The van der Waals surface area contributed by atoms with Crippen molar-refractivity contribution in [1.82, 2.24) is 0 Å². The second-order valence-electron chi connectivity index (χ2n) is 7.90. The lowest BCUT2D eigenvalue weighted by molar-refractivity contribution is -0.133. The number of esters is 1. The van der Waals surface area contributed by atoms with Crippen LogP contribution in [0, 0.1) is 5.92 Å². The summed E-state index contributed by atoms with van der Waals surface area (Å²) in [5.74, 6) is 1.29. The predicted octanol–water partition coefficient (Wildman–Crippen LogP) is 6.18. The Morgan fingerprint density at radius 2 is 1.96 bits per heavy atom. The first-order chi connectivity index (χ1) is 12.6. The first kappa shape index (κ1) is 19.0. The maximum atomic E-state index is 12.3. The van der Waals surface area contributed by atoms with Gasteiger partial charge in [-0.25, -0.2) is 0 Å². The number of allylic oxidation sites excluding steroid dienone is 1. The highest BCUT2D eigenvalue weighted by atomic mass is 16.5. The van der Waals surface area contributed by atoms with E-state index < -0.39 is 0 Å². The molecule has 3 nitrogen and oxygen atoms in total. The third-order valence-corrected chi connectivity index (χ3v) is 5.94. The molecule has 3 rings (SSSR count). The summed E-state index contributed by atoms with van der Waals surface area (Å²) in [4.78, 5) is 12.3. The molecule has 0 bridgehead atoms. The number of ether oxygens (including phenoxy) is 1. The van der Waals surface area contributed by atoms with Gasteiger partial charge in [0, 0.05) is 0 Å². The topological polar surface area (TPSA) is 46.5 Å². The Kier molecular flexibility index (Phi) is 6.39. The second kappa shape index (κ2) is 8.75. The molecule has 0 amide bonds. The Morgan fingerprint density at radius 1 is 1.15 bits per heavy atom. The number of hydrogen-bond acceptors (Lipinski definition) is 3. The van der Waals surface area contributed by atoms with E-state index in [0.717, 1.165) is 55.2 Å². The zero-order valence-corrected chi connectivity index (χ0v) is 16.3. The molecule has 1 atom stereocenters. The number of unbranched alkanes of at least 4 members (excludes halogenated alkanes) is 4. The molecule has 0 saturated carbocycles. The van der Waals surface area contributed by atoms with E-state index in [9.17, 15) is 9.90 Å². The molecule has 142 valence electrons. The van der Waals surface area contributed by atoms with Crippen molar-refractivity contribution in [2.24, 2.45) is 5.92 Å². The number of fused-ring (bicyclic) bond motifs is 2. The van der Waals surface area contributed by atoms with Gasteiger partial charge in [-0.15, -0.1) is 0 Å². The fourth-order valence-electron chi connectivity index (χ4n) is 4.34. The Bertz CT molecular complexity index is 687. The van der Waals surface area contributed by atoms with Crippen molar-refractivity contribution < 1.29 is 14.6 Å². The highest BCUT2D eigenvalue weighted by molar-refractivity contribution is 5.88. The summed E-state index contributed by atoms with van der Waals surface area (Å²) in [5.41, 5.74) is 4.17. The minimum Gasteiger partial charge on any atom is -0.507 e. The van der Waals surface area contributed by atoms with Gasteiger partial charge in [0.05, 0.1) is 12.0 Å². The quantitative estimate of drug-likeness (QED) is 0.360. The van der Waals surface area contributed by atoms with E-state index in [1.165, 1.54) is 31.3 Å². The van der Waals surface area contributed by atoms with E-state index in [-0.39, 0.29) is 11.7 Å². The van der Waals surface area contributed by atoms with E-state index in [0.29, 0.717) is 18.1 Å². The Balaban J connectivity index is 1.84. The predicted molar refractivity (Wildman–Crippen MR) is 105 cm³/mol. The van der Waals surface area contributed by atoms with Gasteiger partial charge in [-0.05, 0) is 61.3 Å². The van der Waals surface area contributed by atoms with E-state index in [1.54, 1.807) is 0 Å². The highest BCUT2D eigenvalue weighted by Crippen LogP contribution is 2.47. The van der Waals surface area contributed by atoms with Crippen molar-refractivity contribution in [3.63, 3.8) is 0 Å². The first-order valence-electron chi connectivity index (χ1n) is 10.4. The van der Waals surface area contributed by atoms with Crippen molar-refractivity contribution in [2.45, 2.75) is 84.5 Å². The van der Waals surface area contributed by atoms with Crippen LogP contribution in [0.1, 0.15) is 89.2 Å². The van der Waals surface area contributed by atoms with Crippen LogP contribution in [0.15, 0.2) is 17.7 Å². The molecular weight excluding hydrogens is 324 g/mol. The van der Waals surface area contributed by atoms with Gasteiger partial charge in [0.25, 0.3) is 0 Å². The molecule has 1 aromatic rings. The number of phenols is 1. The standard InChI is InChI=1S/C23H32O3/c1-3-5-6-7-8-9-17-13-20(24)23-19-12-16(4-2)10-11-18(19)15-22(25)26-21(23)14-17/h13-14,16,24H,3-12,15H2,1-2H3. The first-order valence-corrected chi connectivity index (χ1v) is 10.4. The minimum atomic E-state index is -0.189. The number of phenolic OH excluding ortho intramolecular Hbond substituents is 1. The molecule has 0 spiro atoms. The van der Waals surface area contributed by atoms with Crippen molar-refractivity contribution in [3.05, 3.63) is 28.8 Å². The number of aryl methyl sites for hydroxylation is 1. The van der Waals surface area contributed by atoms with Gasteiger partial charge in [0.15, 0.2) is 0 Å². The summed E-state index contributed by atoms with van der Waals surface area (Å²) < 4.78 is 5.64. The molecular formula is C23H32O3. The number of carbonyl (C=O) groups is 1. The van der Waals surface area contributed by atoms with Crippen LogP contribution in [0.25, 0.3) is 5.57 Å². The van der Waals surface area contributed by atoms with E-state index in [4.69, 9.17) is 4.74 Å². The monoisotopic (exact) mass is 356 g/mol. The van der Waals surface area contributed by atoms with E-state index >= 15 is 0 Å². The molecule has 1 aliphatic heterocycles. The number of aromatic hydroxyl groups is 1. The van der Waals surface area contributed by atoms with Crippen molar-refractivity contribution in [2.75, 3.05) is 0 Å². The number of rotatable bonds is 7. The number of benzene rings is 1. The Labute approximate surface area is 157 Å². The van der Waals surface area contributed by atoms with Gasteiger partial charge in [0.2, 0.25) is 0 Å². The molecule has 1 N–H and O–H groups in total. The van der Waals surface area contributed by atoms with Gasteiger partial charge in [0.1, 0.15) is 11.5 Å². The van der Waals surface area contributed by atoms with Gasteiger partial charge in [-0.2, -0.15) is 0 Å². The zero-order valence-electron chi connectivity index (χ0n) is 16.3. The molecule has 0 aromatic heterocycles. The molecule has 26 heavy (non-hydrogen) atoms. The molecule has 0 fully saturated rings. The summed E-state index contributed by atoms with van der Waals surface area (Å²) >= 11 is 0. The number of carbonyl (C=O) groups excluding carboxylic acids is 1. The summed E-state index contributed by atoms with van der Waals surface area (Å²) in [6.45, 7) is 4.44. The molecule has 3 heteroatoms. The van der Waals surface area contributed by atoms with E-state index in [1.807, 2.05) is 12.1 Å². The summed E-state index contributed by atoms with van der Waals surface area (Å²) in [6, 6.07) is 3.87. The summed E-state index contributed by atoms with van der Waals surface area (Å²) in [5, 5.41) is 10.8. The largest absolute Gasteiger partial charge is 0.507 e. The van der Waals surface area contributed by atoms with Gasteiger partial charge < -0.3 is 9.84 Å². The third kappa shape index (κ3) is 4.31. The lowest BCUT2D eigenvalue weighted by Crippen LogP contribution is -2.11. The third-order valence-electron chi connectivity index (χ3n) is 5.94. The zero-order chi connectivity index (χ0) is 18.5. The second-order valence-corrected chi connectivity index (χ2v) is 7.90. The highest BCUT2D eigenvalue weighted by Gasteiger charge is 2.30. The van der Waals surface area contributed by atoms with Crippen LogP contribution in [0.4, 0.5) is 0 Å². The number of hydrogen-bond donors (Lipinski definition) is 1. The van der Waals surface area contributed by atoms with Gasteiger partial charge >= 0.3 is 5.97 Å². The van der Waals surface area contributed by atoms with Crippen molar-refractivity contribution >= 4 is 11.5 Å². The van der Waals surface area contributed by atoms with Crippen LogP contribution in [-0.2, 0) is 11.2 Å². The van der Waals surface area contributed by atoms with Crippen LogP contribution in [0.2, 0.25) is 0 Å². The Hall–Kier alpha value is -1.77. The van der Waals surface area contributed by atoms with Gasteiger partial charge in [-0.3, -0.25) is 4.79 Å². The maximum absolute atomic E-state index is 12.3. The van der Waals surface area contributed by atoms with E-state index in [2.05, 4.69) is 13.8 Å². The van der Waals surface area contributed by atoms with Crippen LogP contribution in [-0.4, -0.2) is 11.1 Å². The molecule has 1 aliphatic carbocycles. The minimum absolute atomic E-state index is 0.189. The summed E-state index contributed by atoms with van der Waals surface area (Å²) in [6.07, 6.45) is 11.5. The molecule has 0 saturated heterocycles. The van der Waals surface area contributed by atoms with Crippen LogP contribution < -0.4 is 4.74 Å². The molecule has 2 aliphatic rings. The lowest BCUT2D eigenvalue weighted by Gasteiger charge is -2.26. The molecule has 1 aromatic carbocycles. The smallest absolute Gasteiger partial charge is 0.315 e. The van der Waals surface area contributed by atoms with Crippen LogP contribution in [0.5, 0.6) is 11.5 Å². The van der Waals surface area contributed by atoms with Crippen LogP contribution >= 0.6 is 0 Å². The van der Waals surface area contributed by atoms with Crippen LogP contribution in [0.3, 0.4) is 0 Å². The molecule has 0 radical (unpaired) electrons. The van der Waals surface area contributed by atoms with Crippen molar-refractivity contribution in [1.29, 1.82) is 0 Å². The maximum Gasteiger partial charge on any atom is 0.315 e. The lowest BCUT2D eigenvalue weighted by atomic mass is 9.78. The normalized spacial score (nSPS) is 19.6.